The number of rotatable bonds is 3. The molecule has 1 fully saturated rings. The normalized spacial score (nSPS) is 17.1. The van der Waals surface area contributed by atoms with E-state index in [9.17, 15) is 0 Å². The van der Waals surface area contributed by atoms with Crippen LogP contribution in [0.15, 0.2) is 79.3 Å². The van der Waals surface area contributed by atoms with Gasteiger partial charge in [0.15, 0.2) is 0 Å². The minimum absolute atomic E-state index is 0.462. The molecule has 1 aliphatic rings. The van der Waals surface area contributed by atoms with Gasteiger partial charge >= 0.3 is 0 Å². The Morgan fingerprint density at radius 1 is 0.885 bits per heavy atom. The van der Waals surface area contributed by atoms with E-state index in [1.807, 2.05) is 23.0 Å². The highest BCUT2D eigenvalue weighted by molar-refractivity contribution is 5.84. The van der Waals surface area contributed by atoms with Gasteiger partial charge in [-0.3, -0.25) is 4.98 Å². The molecule has 4 nitrogen and oxygen atoms in total. The Kier molecular flexibility index (Phi) is 3.67. The van der Waals surface area contributed by atoms with Crippen LogP contribution in [-0.4, -0.2) is 21.3 Å². The first-order chi connectivity index (χ1) is 12.9. The summed E-state index contributed by atoms with van der Waals surface area (Å²) in [5, 5.41) is 5.75. The third kappa shape index (κ3) is 2.54. The molecule has 2 aromatic carbocycles. The van der Waals surface area contributed by atoms with Crippen LogP contribution in [0.1, 0.15) is 24.4 Å². The zero-order chi connectivity index (χ0) is 17.3. The van der Waals surface area contributed by atoms with Crippen LogP contribution in [0.4, 0.5) is 5.69 Å². The number of anilines is 1. The van der Waals surface area contributed by atoms with Crippen LogP contribution in [0, 0.1) is 0 Å². The van der Waals surface area contributed by atoms with Crippen LogP contribution in [0.2, 0.25) is 0 Å². The largest absolute Gasteiger partial charge is 0.364 e. The zero-order valence-corrected chi connectivity index (χ0v) is 14.5. The van der Waals surface area contributed by atoms with Gasteiger partial charge in [-0.25, -0.2) is 4.68 Å². The average Bonchev–Trinajstić information content (AvgIpc) is 3.36. The van der Waals surface area contributed by atoms with Crippen LogP contribution in [0.3, 0.4) is 0 Å². The average molecular weight is 340 g/mol. The molecule has 1 saturated heterocycles. The molecule has 0 unspecified atom stereocenters. The van der Waals surface area contributed by atoms with Gasteiger partial charge in [-0.15, -0.1) is 0 Å². The smallest absolute Gasteiger partial charge is 0.0742 e. The lowest BCUT2D eigenvalue weighted by Gasteiger charge is -2.27. The molecule has 1 atom stereocenters. The van der Waals surface area contributed by atoms with E-state index < -0.39 is 0 Å². The summed E-state index contributed by atoms with van der Waals surface area (Å²) in [5.74, 6) is 0. The Balaban J connectivity index is 1.52. The molecule has 0 amide bonds. The van der Waals surface area contributed by atoms with Gasteiger partial charge in [0, 0.05) is 30.0 Å². The summed E-state index contributed by atoms with van der Waals surface area (Å²) in [6, 6.07) is 21.9. The second kappa shape index (κ2) is 6.30. The van der Waals surface area contributed by atoms with Gasteiger partial charge in [-0.2, -0.15) is 5.10 Å². The van der Waals surface area contributed by atoms with E-state index in [1.165, 1.54) is 24.1 Å². The van der Waals surface area contributed by atoms with Gasteiger partial charge in [-0.05, 0) is 48.7 Å². The van der Waals surface area contributed by atoms with Crippen molar-refractivity contribution in [2.24, 2.45) is 0 Å². The zero-order valence-electron chi connectivity index (χ0n) is 14.5. The molecule has 0 aliphatic carbocycles. The quantitative estimate of drug-likeness (QED) is 0.539. The van der Waals surface area contributed by atoms with Crippen molar-refractivity contribution in [1.29, 1.82) is 0 Å². The van der Waals surface area contributed by atoms with Crippen molar-refractivity contribution in [3.63, 3.8) is 0 Å². The predicted octanol–water partition coefficient (Wildman–Crippen LogP) is 4.76. The van der Waals surface area contributed by atoms with Crippen molar-refractivity contribution in [2.45, 2.75) is 18.9 Å². The Morgan fingerprint density at radius 3 is 2.58 bits per heavy atom. The molecule has 1 aliphatic heterocycles. The van der Waals surface area contributed by atoms with Gasteiger partial charge in [0.25, 0.3) is 0 Å². The molecule has 0 N–H and O–H groups in total. The highest BCUT2D eigenvalue weighted by Crippen LogP contribution is 2.37. The van der Waals surface area contributed by atoms with Crippen LogP contribution in [0.5, 0.6) is 0 Å². The lowest BCUT2D eigenvalue weighted by molar-refractivity contribution is 0.719. The topological polar surface area (TPSA) is 34.0 Å². The molecule has 0 radical (unpaired) electrons. The first-order valence-corrected chi connectivity index (χ1v) is 9.10. The fourth-order valence-corrected chi connectivity index (χ4v) is 3.99. The van der Waals surface area contributed by atoms with E-state index in [2.05, 4.69) is 63.5 Å². The van der Waals surface area contributed by atoms with Crippen LogP contribution in [0.25, 0.3) is 16.6 Å². The van der Waals surface area contributed by atoms with E-state index in [4.69, 9.17) is 0 Å². The number of hydrogen-bond donors (Lipinski definition) is 0. The van der Waals surface area contributed by atoms with Gasteiger partial charge in [-0.1, -0.05) is 30.3 Å². The Morgan fingerprint density at radius 2 is 1.73 bits per heavy atom. The molecule has 5 rings (SSSR count). The van der Waals surface area contributed by atoms with E-state index >= 15 is 0 Å². The lowest BCUT2D eigenvalue weighted by Crippen LogP contribution is -2.22. The molecule has 26 heavy (non-hydrogen) atoms. The summed E-state index contributed by atoms with van der Waals surface area (Å²) in [6.07, 6.45) is 7.98. The number of pyridine rings is 1. The van der Waals surface area contributed by atoms with Crippen LogP contribution < -0.4 is 4.90 Å². The van der Waals surface area contributed by atoms with Crippen molar-refractivity contribution in [2.75, 3.05) is 11.4 Å². The molecule has 2 aromatic heterocycles. The molecule has 0 bridgehead atoms. The third-order valence-corrected chi connectivity index (χ3v) is 5.23. The highest BCUT2D eigenvalue weighted by Gasteiger charge is 2.26. The van der Waals surface area contributed by atoms with E-state index in [0.717, 1.165) is 23.1 Å². The number of fused-ring (bicyclic) bond motifs is 1. The summed E-state index contributed by atoms with van der Waals surface area (Å²) in [5.41, 5.74) is 4.83. The first kappa shape index (κ1) is 15.1. The fraction of sp³-hybridized carbons (Fsp3) is 0.182. The summed E-state index contributed by atoms with van der Waals surface area (Å²) in [7, 11) is 0. The molecule has 0 saturated carbocycles. The maximum absolute atomic E-state index is 4.58. The van der Waals surface area contributed by atoms with Crippen molar-refractivity contribution in [3.8, 4) is 5.69 Å². The number of aromatic nitrogens is 3. The van der Waals surface area contributed by atoms with Gasteiger partial charge in [0.05, 0.1) is 23.4 Å². The summed E-state index contributed by atoms with van der Waals surface area (Å²) in [6.45, 7) is 1.10. The molecule has 4 heteroatoms. The third-order valence-electron chi connectivity index (χ3n) is 5.23. The van der Waals surface area contributed by atoms with Crippen molar-refractivity contribution in [1.82, 2.24) is 14.8 Å². The number of hydrogen-bond acceptors (Lipinski definition) is 3. The van der Waals surface area contributed by atoms with Crippen molar-refractivity contribution >= 4 is 16.6 Å². The van der Waals surface area contributed by atoms with Crippen LogP contribution >= 0.6 is 0 Å². The van der Waals surface area contributed by atoms with Gasteiger partial charge in [0.1, 0.15) is 0 Å². The fourth-order valence-electron chi connectivity index (χ4n) is 3.99. The minimum atomic E-state index is 0.462. The molecular formula is C22H20N4. The van der Waals surface area contributed by atoms with Crippen molar-refractivity contribution in [3.05, 3.63) is 84.8 Å². The van der Waals surface area contributed by atoms with E-state index in [0.29, 0.717) is 6.04 Å². The molecule has 3 heterocycles. The second-order valence-corrected chi connectivity index (χ2v) is 6.77. The van der Waals surface area contributed by atoms with E-state index in [-0.39, 0.29) is 0 Å². The Labute approximate surface area is 152 Å². The summed E-state index contributed by atoms with van der Waals surface area (Å²) >= 11 is 0. The second-order valence-electron chi connectivity index (χ2n) is 6.77. The number of benzene rings is 2. The molecule has 128 valence electrons. The SMILES string of the molecule is c1ccc([C@@H]2CCCN2c2ccc3c(cnn3-c3ccncc3)c2)cc1. The van der Waals surface area contributed by atoms with E-state index in [1.54, 1.807) is 12.4 Å². The summed E-state index contributed by atoms with van der Waals surface area (Å²) < 4.78 is 1.97. The van der Waals surface area contributed by atoms with Gasteiger partial charge < -0.3 is 4.90 Å². The van der Waals surface area contributed by atoms with Crippen molar-refractivity contribution < 1.29 is 0 Å². The number of nitrogens with zero attached hydrogens (tertiary/aromatic N) is 4. The molecule has 4 aromatic rings. The first-order valence-electron chi connectivity index (χ1n) is 9.10. The van der Waals surface area contributed by atoms with Gasteiger partial charge in [0.2, 0.25) is 0 Å². The molecule has 0 spiro atoms. The highest BCUT2D eigenvalue weighted by atomic mass is 15.3. The Hall–Kier alpha value is -3.14. The maximum Gasteiger partial charge on any atom is 0.0742 e. The monoisotopic (exact) mass is 340 g/mol. The predicted molar refractivity (Wildman–Crippen MR) is 105 cm³/mol. The summed E-state index contributed by atoms with van der Waals surface area (Å²) in [4.78, 5) is 6.62. The maximum atomic E-state index is 4.58. The lowest BCUT2D eigenvalue weighted by atomic mass is 10.0. The van der Waals surface area contributed by atoms with Crippen LogP contribution in [-0.2, 0) is 0 Å². The standard InChI is InChI=1S/C22H20N4/c1-2-5-17(6-3-1)21-7-4-14-25(21)20-8-9-22-18(15-20)16-24-26(22)19-10-12-23-13-11-19/h1-3,5-6,8-13,15-16,21H,4,7,14H2/t21-/m0/s1. The Bertz CT molecular complexity index is 1020. The molecular weight excluding hydrogens is 320 g/mol. The minimum Gasteiger partial charge on any atom is -0.364 e.